The Morgan fingerprint density at radius 2 is 1.73 bits per heavy atom. The maximum atomic E-state index is 12.4. The van der Waals surface area contributed by atoms with Crippen LogP contribution in [-0.4, -0.2) is 30.0 Å². The van der Waals surface area contributed by atoms with E-state index in [9.17, 15) is 9.59 Å². The highest BCUT2D eigenvalue weighted by Crippen LogP contribution is 2.40. The first kappa shape index (κ1) is 16.4. The maximum absolute atomic E-state index is 12.4. The number of fused-ring (bicyclic) bond motifs is 1. The van der Waals surface area contributed by atoms with Gasteiger partial charge in [-0.15, -0.1) is 0 Å². The van der Waals surface area contributed by atoms with Crippen LogP contribution in [0.5, 0.6) is 11.5 Å². The number of rotatable bonds is 5. The van der Waals surface area contributed by atoms with Crippen molar-refractivity contribution >= 4 is 17.5 Å². The molecular weight excluding hydrogens is 334 g/mol. The van der Waals surface area contributed by atoms with Crippen LogP contribution in [0.15, 0.2) is 42.7 Å². The highest BCUT2D eigenvalue weighted by Gasteiger charge is 2.47. The first-order valence-corrected chi connectivity index (χ1v) is 8.58. The van der Waals surface area contributed by atoms with E-state index in [4.69, 9.17) is 9.47 Å². The zero-order chi connectivity index (χ0) is 17.9. The predicted molar refractivity (Wildman–Crippen MR) is 93.7 cm³/mol. The van der Waals surface area contributed by atoms with Crippen LogP contribution in [0.4, 0.5) is 5.69 Å². The summed E-state index contributed by atoms with van der Waals surface area (Å²) >= 11 is 0. The minimum Gasteiger partial charge on any atom is -0.486 e. The molecule has 1 fully saturated rings. The fourth-order valence-electron chi connectivity index (χ4n) is 2.95. The quantitative estimate of drug-likeness (QED) is 0.855. The van der Waals surface area contributed by atoms with Crippen LogP contribution in [0.1, 0.15) is 12.0 Å². The number of carbonyl (C=O) groups is 2. The summed E-state index contributed by atoms with van der Waals surface area (Å²) in [6, 6.07) is 8.98. The van der Waals surface area contributed by atoms with Gasteiger partial charge in [0.15, 0.2) is 11.5 Å². The molecule has 4 rings (SSSR count). The van der Waals surface area contributed by atoms with Crippen LogP contribution in [-0.2, 0) is 16.1 Å². The molecule has 2 atom stereocenters. The lowest BCUT2D eigenvalue weighted by atomic mass is 10.2. The largest absolute Gasteiger partial charge is 0.486 e. The third-order valence-electron chi connectivity index (χ3n) is 4.49. The first-order valence-electron chi connectivity index (χ1n) is 8.58. The van der Waals surface area contributed by atoms with Gasteiger partial charge in [0.05, 0.1) is 11.8 Å². The fraction of sp³-hybridized carbons (Fsp3) is 0.316. The molecule has 0 bridgehead atoms. The lowest BCUT2D eigenvalue weighted by Crippen LogP contribution is -2.27. The molecule has 1 aliphatic carbocycles. The Bertz CT molecular complexity index is 825. The molecule has 2 unspecified atom stereocenters. The Labute approximate surface area is 150 Å². The van der Waals surface area contributed by atoms with Gasteiger partial charge in [0, 0.05) is 30.7 Å². The number of anilines is 1. The molecule has 2 heterocycles. The highest BCUT2D eigenvalue weighted by atomic mass is 16.6. The summed E-state index contributed by atoms with van der Waals surface area (Å²) in [7, 11) is 0. The smallest absolute Gasteiger partial charge is 0.228 e. The molecule has 0 saturated heterocycles. The molecule has 2 aromatic rings. The van der Waals surface area contributed by atoms with Gasteiger partial charge >= 0.3 is 0 Å². The Morgan fingerprint density at radius 3 is 2.54 bits per heavy atom. The van der Waals surface area contributed by atoms with Crippen molar-refractivity contribution in [1.82, 2.24) is 10.3 Å². The van der Waals surface area contributed by atoms with E-state index in [1.54, 1.807) is 30.6 Å². The van der Waals surface area contributed by atoms with Gasteiger partial charge in [-0.1, -0.05) is 0 Å². The van der Waals surface area contributed by atoms with E-state index >= 15 is 0 Å². The van der Waals surface area contributed by atoms with Gasteiger partial charge in [-0.05, 0) is 36.2 Å². The highest BCUT2D eigenvalue weighted by molar-refractivity contribution is 5.99. The molecule has 7 heteroatoms. The Kier molecular flexibility index (Phi) is 4.43. The van der Waals surface area contributed by atoms with Crippen molar-refractivity contribution in [3.8, 4) is 11.5 Å². The van der Waals surface area contributed by atoms with Crippen LogP contribution >= 0.6 is 0 Å². The molecule has 2 amide bonds. The lowest BCUT2D eigenvalue weighted by Gasteiger charge is -2.19. The summed E-state index contributed by atoms with van der Waals surface area (Å²) in [4.78, 5) is 28.5. The van der Waals surface area contributed by atoms with Gasteiger partial charge in [0.25, 0.3) is 0 Å². The van der Waals surface area contributed by atoms with Crippen molar-refractivity contribution in [2.24, 2.45) is 11.8 Å². The molecule has 1 aromatic carbocycles. The molecule has 0 spiro atoms. The number of aromatic nitrogens is 1. The number of carbonyl (C=O) groups excluding carboxylic acids is 2. The molecule has 0 radical (unpaired) electrons. The number of nitrogens with zero attached hydrogens (tertiary/aromatic N) is 1. The number of ether oxygens (including phenoxy) is 2. The van der Waals surface area contributed by atoms with Gasteiger partial charge in [-0.25, -0.2) is 0 Å². The van der Waals surface area contributed by atoms with Crippen LogP contribution in [0.25, 0.3) is 0 Å². The number of pyridine rings is 1. The lowest BCUT2D eigenvalue weighted by molar-refractivity contribution is -0.125. The summed E-state index contributed by atoms with van der Waals surface area (Å²) in [5, 5.41) is 5.72. The van der Waals surface area contributed by atoms with E-state index in [2.05, 4.69) is 15.6 Å². The number of amides is 2. The normalized spacial score (nSPS) is 20.2. The number of hydrogen-bond donors (Lipinski definition) is 2. The number of benzene rings is 1. The van der Waals surface area contributed by atoms with E-state index in [1.807, 2.05) is 12.1 Å². The first-order chi connectivity index (χ1) is 12.7. The Morgan fingerprint density at radius 1 is 1.00 bits per heavy atom. The summed E-state index contributed by atoms with van der Waals surface area (Å²) < 4.78 is 11.0. The average molecular weight is 353 g/mol. The van der Waals surface area contributed by atoms with Crippen molar-refractivity contribution in [2.45, 2.75) is 13.0 Å². The second kappa shape index (κ2) is 7.03. The van der Waals surface area contributed by atoms with E-state index in [0.29, 0.717) is 43.4 Å². The molecule has 1 aromatic heterocycles. The third-order valence-corrected chi connectivity index (χ3v) is 4.49. The van der Waals surface area contributed by atoms with E-state index < -0.39 is 0 Å². The summed E-state index contributed by atoms with van der Waals surface area (Å²) in [5.41, 5.74) is 1.62. The van der Waals surface area contributed by atoms with Gasteiger partial charge < -0.3 is 20.1 Å². The maximum Gasteiger partial charge on any atom is 0.228 e. The van der Waals surface area contributed by atoms with E-state index in [1.165, 1.54) is 0 Å². The van der Waals surface area contributed by atoms with Crippen LogP contribution in [0, 0.1) is 11.8 Å². The number of nitrogens with one attached hydrogen (secondary N) is 2. The van der Waals surface area contributed by atoms with Crippen molar-refractivity contribution in [1.29, 1.82) is 0 Å². The van der Waals surface area contributed by atoms with Crippen LogP contribution < -0.4 is 20.1 Å². The topological polar surface area (TPSA) is 89.6 Å². The number of hydrogen-bond acceptors (Lipinski definition) is 5. The van der Waals surface area contributed by atoms with Crippen molar-refractivity contribution in [3.05, 3.63) is 48.3 Å². The Hall–Kier alpha value is -3.09. The molecule has 7 nitrogen and oxygen atoms in total. The molecule has 134 valence electrons. The minimum atomic E-state index is -0.291. The van der Waals surface area contributed by atoms with Crippen LogP contribution in [0.3, 0.4) is 0 Å². The second-order valence-electron chi connectivity index (χ2n) is 6.37. The van der Waals surface area contributed by atoms with Crippen LogP contribution in [0.2, 0.25) is 0 Å². The third kappa shape index (κ3) is 3.61. The molecular formula is C19H19N3O4. The molecule has 1 aliphatic heterocycles. The summed E-state index contributed by atoms with van der Waals surface area (Å²) in [6.45, 7) is 1.46. The van der Waals surface area contributed by atoms with Crippen molar-refractivity contribution in [3.63, 3.8) is 0 Å². The monoisotopic (exact) mass is 353 g/mol. The van der Waals surface area contributed by atoms with E-state index in [0.717, 1.165) is 5.56 Å². The predicted octanol–water partition coefficient (Wildman–Crippen LogP) is 1.74. The van der Waals surface area contributed by atoms with Gasteiger partial charge in [0.1, 0.15) is 13.2 Å². The van der Waals surface area contributed by atoms with Gasteiger partial charge in [-0.2, -0.15) is 0 Å². The Balaban J connectivity index is 1.29. The summed E-state index contributed by atoms with van der Waals surface area (Å²) in [5.74, 6) is 0.495. The average Bonchev–Trinajstić information content (AvgIpc) is 3.48. The molecule has 1 saturated carbocycles. The summed E-state index contributed by atoms with van der Waals surface area (Å²) in [6.07, 6.45) is 3.93. The zero-order valence-electron chi connectivity index (χ0n) is 14.1. The van der Waals surface area contributed by atoms with Gasteiger partial charge in [0.2, 0.25) is 11.8 Å². The van der Waals surface area contributed by atoms with Crippen molar-refractivity contribution in [2.75, 3.05) is 18.5 Å². The second-order valence-corrected chi connectivity index (χ2v) is 6.37. The fourth-order valence-corrected chi connectivity index (χ4v) is 2.95. The zero-order valence-corrected chi connectivity index (χ0v) is 14.1. The molecule has 26 heavy (non-hydrogen) atoms. The van der Waals surface area contributed by atoms with Crippen molar-refractivity contribution < 1.29 is 19.1 Å². The molecule has 2 N–H and O–H groups in total. The van der Waals surface area contributed by atoms with E-state index in [-0.39, 0.29) is 23.7 Å². The standard InChI is InChI=1S/C19H19N3O4/c23-18(21-11-12-3-5-20-6-4-12)14-10-15(14)19(24)22-13-1-2-16-17(9-13)26-8-7-25-16/h1-6,9,14-15H,7-8,10-11H2,(H,21,23)(H,22,24). The SMILES string of the molecule is O=C(NCc1ccncc1)C1CC1C(=O)Nc1ccc2c(c1)OCCO2. The van der Waals surface area contributed by atoms with Gasteiger partial charge in [-0.3, -0.25) is 14.6 Å². The minimum absolute atomic E-state index is 0.0934. The molecule has 2 aliphatic rings.